The van der Waals surface area contributed by atoms with Crippen molar-refractivity contribution >= 4 is 0 Å². The molecule has 1 aromatic carbocycles. The summed E-state index contributed by atoms with van der Waals surface area (Å²) in [6, 6.07) is 8.96. The van der Waals surface area contributed by atoms with Gasteiger partial charge in [0.25, 0.3) is 0 Å². The highest BCUT2D eigenvalue weighted by Gasteiger charge is 2.29. The second kappa shape index (κ2) is 7.50. The predicted molar refractivity (Wildman–Crippen MR) is 68.9 cm³/mol. The summed E-state index contributed by atoms with van der Waals surface area (Å²) in [6.07, 6.45) is -4.88. The molecule has 0 bridgehead atoms. The zero-order chi connectivity index (χ0) is 14.3. The molecule has 0 aliphatic rings. The molecule has 1 atom stereocenters. The van der Waals surface area contributed by atoms with Gasteiger partial charge in [-0.2, -0.15) is 13.2 Å². The van der Waals surface area contributed by atoms with E-state index in [0.29, 0.717) is 12.5 Å². The smallest absolute Gasteiger partial charge is 0.363 e. The van der Waals surface area contributed by atoms with Crippen LogP contribution in [-0.2, 0) is 4.74 Å². The Labute approximate surface area is 112 Å². The van der Waals surface area contributed by atoms with Gasteiger partial charge in [0.2, 0.25) is 0 Å². The van der Waals surface area contributed by atoms with Crippen molar-refractivity contribution in [1.29, 1.82) is 0 Å². The number of alkyl halides is 3. The third-order valence-corrected chi connectivity index (χ3v) is 2.50. The molecule has 0 heterocycles. The molecule has 1 unspecified atom stereocenters. The first-order valence-electron chi connectivity index (χ1n) is 6.32. The number of halogens is 3. The number of ether oxygens (including phenoxy) is 1. The molecule has 1 N–H and O–H groups in total. The van der Waals surface area contributed by atoms with Gasteiger partial charge in [0.1, 0.15) is 6.61 Å². The third-order valence-electron chi connectivity index (χ3n) is 2.50. The molecule has 0 aliphatic carbocycles. The van der Waals surface area contributed by atoms with Gasteiger partial charge in [-0.3, -0.25) is 0 Å². The maximum absolute atomic E-state index is 12.2. The van der Waals surface area contributed by atoms with Gasteiger partial charge in [0.15, 0.2) is 0 Å². The lowest BCUT2D eigenvalue weighted by Gasteiger charge is -2.20. The molecule has 0 radical (unpaired) electrons. The lowest BCUT2D eigenvalue weighted by Crippen LogP contribution is -2.29. The van der Waals surface area contributed by atoms with Crippen molar-refractivity contribution in [2.45, 2.75) is 26.1 Å². The van der Waals surface area contributed by atoms with E-state index in [4.69, 9.17) is 4.74 Å². The topological polar surface area (TPSA) is 21.3 Å². The fraction of sp³-hybridized carbons (Fsp3) is 0.571. The van der Waals surface area contributed by atoms with Crippen LogP contribution in [0.15, 0.2) is 30.3 Å². The van der Waals surface area contributed by atoms with Gasteiger partial charge in [0, 0.05) is 6.54 Å². The van der Waals surface area contributed by atoms with Crippen molar-refractivity contribution in [3.8, 4) is 0 Å². The van der Waals surface area contributed by atoms with Crippen molar-refractivity contribution in [2.24, 2.45) is 5.92 Å². The molecule has 0 amide bonds. The molecule has 1 aromatic rings. The highest BCUT2D eigenvalue weighted by atomic mass is 19.4. The molecule has 0 fully saturated rings. The monoisotopic (exact) mass is 275 g/mol. The van der Waals surface area contributed by atoms with Crippen molar-refractivity contribution in [3.05, 3.63) is 35.9 Å². The van der Waals surface area contributed by atoms with Gasteiger partial charge in [-0.25, -0.2) is 0 Å². The zero-order valence-electron chi connectivity index (χ0n) is 11.2. The van der Waals surface area contributed by atoms with E-state index in [1.165, 1.54) is 0 Å². The molecule has 19 heavy (non-hydrogen) atoms. The molecule has 5 heteroatoms. The molecule has 0 saturated carbocycles. The van der Waals surface area contributed by atoms with Crippen LogP contribution >= 0.6 is 0 Å². The Balaban J connectivity index is 2.58. The Hall–Kier alpha value is -1.07. The SMILES string of the molecule is CC(C)CNCC(OCC(F)(F)F)c1ccccc1. The normalized spacial score (nSPS) is 13.8. The second-order valence-corrected chi connectivity index (χ2v) is 4.88. The molecular formula is C14H20F3NO. The lowest BCUT2D eigenvalue weighted by molar-refractivity contribution is -0.185. The van der Waals surface area contributed by atoms with E-state index >= 15 is 0 Å². The first kappa shape index (κ1) is 16.0. The van der Waals surface area contributed by atoms with Crippen LogP contribution in [0.5, 0.6) is 0 Å². The minimum absolute atomic E-state index is 0.373. The van der Waals surface area contributed by atoms with Crippen LogP contribution in [0, 0.1) is 5.92 Å². The first-order valence-corrected chi connectivity index (χ1v) is 6.32. The molecular weight excluding hydrogens is 255 g/mol. The predicted octanol–water partition coefficient (Wildman–Crippen LogP) is 3.55. The highest BCUT2D eigenvalue weighted by Crippen LogP contribution is 2.22. The molecule has 0 aromatic heterocycles. The number of nitrogens with one attached hydrogen (secondary N) is 1. The Kier molecular flexibility index (Phi) is 6.31. The summed E-state index contributed by atoms with van der Waals surface area (Å²) < 4.78 is 41.7. The first-order chi connectivity index (χ1) is 8.88. The fourth-order valence-corrected chi connectivity index (χ4v) is 1.64. The van der Waals surface area contributed by atoms with Gasteiger partial charge in [-0.1, -0.05) is 44.2 Å². The maximum atomic E-state index is 12.2. The van der Waals surface area contributed by atoms with Gasteiger partial charge >= 0.3 is 6.18 Å². The Morgan fingerprint density at radius 1 is 1.11 bits per heavy atom. The van der Waals surface area contributed by atoms with Gasteiger partial charge in [-0.05, 0) is 18.0 Å². The fourth-order valence-electron chi connectivity index (χ4n) is 1.64. The second-order valence-electron chi connectivity index (χ2n) is 4.88. The van der Waals surface area contributed by atoms with Gasteiger partial charge < -0.3 is 10.1 Å². The average molecular weight is 275 g/mol. The van der Waals surface area contributed by atoms with Crippen molar-refractivity contribution in [2.75, 3.05) is 19.7 Å². The average Bonchev–Trinajstić information content (AvgIpc) is 2.33. The van der Waals surface area contributed by atoms with Crippen molar-refractivity contribution < 1.29 is 17.9 Å². The molecule has 0 aliphatic heterocycles. The van der Waals surface area contributed by atoms with E-state index in [-0.39, 0.29) is 0 Å². The molecule has 0 saturated heterocycles. The molecule has 1 rings (SSSR count). The largest absolute Gasteiger partial charge is 0.411 e. The summed E-state index contributed by atoms with van der Waals surface area (Å²) in [4.78, 5) is 0. The van der Waals surface area contributed by atoms with Crippen molar-refractivity contribution in [1.82, 2.24) is 5.32 Å². The number of benzene rings is 1. The number of hydrogen-bond donors (Lipinski definition) is 1. The summed E-state index contributed by atoms with van der Waals surface area (Å²) in [7, 11) is 0. The minimum Gasteiger partial charge on any atom is -0.363 e. The summed E-state index contributed by atoms with van der Waals surface area (Å²) in [6.45, 7) is 3.98. The summed E-state index contributed by atoms with van der Waals surface area (Å²) in [5.41, 5.74) is 0.753. The van der Waals surface area contributed by atoms with Crippen LogP contribution in [0.3, 0.4) is 0 Å². The number of hydrogen-bond acceptors (Lipinski definition) is 2. The van der Waals surface area contributed by atoms with Crippen LogP contribution in [-0.4, -0.2) is 25.9 Å². The molecule has 108 valence electrons. The lowest BCUT2D eigenvalue weighted by atomic mass is 10.1. The van der Waals surface area contributed by atoms with Crippen LogP contribution in [0.4, 0.5) is 13.2 Å². The standard InChI is InChI=1S/C14H20F3NO/c1-11(2)8-18-9-13(19-10-14(15,16)17)12-6-4-3-5-7-12/h3-7,11,13,18H,8-10H2,1-2H3. The third kappa shape index (κ3) is 7.18. The van der Waals surface area contributed by atoms with E-state index in [1.54, 1.807) is 24.3 Å². The molecule has 2 nitrogen and oxygen atoms in total. The Bertz CT molecular complexity index is 351. The quantitative estimate of drug-likeness (QED) is 0.821. The van der Waals surface area contributed by atoms with E-state index in [2.05, 4.69) is 5.32 Å². The Morgan fingerprint density at radius 3 is 2.26 bits per heavy atom. The van der Waals surface area contributed by atoms with Crippen LogP contribution in [0.2, 0.25) is 0 Å². The van der Waals surface area contributed by atoms with Crippen LogP contribution in [0.25, 0.3) is 0 Å². The van der Waals surface area contributed by atoms with Crippen LogP contribution < -0.4 is 5.32 Å². The zero-order valence-corrected chi connectivity index (χ0v) is 11.2. The number of rotatable bonds is 7. The molecule has 0 spiro atoms. The van der Waals surface area contributed by atoms with Gasteiger partial charge in [-0.15, -0.1) is 0 Å². The van der Waals surface area contributed by atoms with Gasteiger partial charge in [0.05, 0.1) is 6.10 Å². The van der Waals surface area contributed by atoms with E-state index in [9.17, 15) is 13.2 Å². The van der Waals surface area contributed by atoms with E-state index in [0.717, 1.165) is 12.1 Å². The van der Waals surface area contributed by atoms with Crippen molar-refractivity contribution in [3.63, 3.8) is 0 Å². The van der Waals surface area contributed by atoms with Crippen LogP contribution in [0.1, 0.15) is 25.5 Å². The summed E-state index contributed by atoms with van der Waals surface area (Å²) >= 11 is 0. The van der Waals surface area contributed by atoms with E-state index in [1.807, 2.05) is 19.9 Å². The summed E-state index contributed by atoms with van der Waals surface area (Å²) in [5, 5.41) is 3.13. The Morgan fingerprint density at radius 2 is 1.74 bits per heavy atom. The highest BCUT2D eigenvalue weighted by molar-refractivity contribution is 5.17. The summed E-state index contributed by atoms with van der Waals surface area (Å²) in [5.74, 6) is 0.444. The minimum atomic E-state index is -4.30. The van der Waals surface area contributed by atoms with E-state index < -0.39 is 18.9 Å². The maximum Gasteiger partial charge on any atom is 0.411 e.